The molecule has 1 fully saturated rings. The van der Waals surface area contributed by atoms with E-state index >= 15 is 0 Å². The highest BCUT2D eigenvalue weighted by Gasteiger charge is 2.24. The first-order valence-electron chi connectivity index (χ1n) is 10.2. The van der Waals surface area contributed by atoms with Crippen LogP contribution in [0.15, 0.2) is 60.9 Å². The number of hydrogen-bond acceptors (Lipinski definition) is 7. The number of aromatic nitrogens is 2. The summed E-state index contributed by atoms with van der Waals surface area (Å²) in [7, 11) is 1.93. The molecule has 1 aromatic heterocycles. The fraction of sp³-hybridized carbons (Fsp3) is 0.217. The highest BCUT2D eigenvalue weighted by atomic mass is 16.6. The van der Waals surface area contributed by atoms with Gasteiger partial charge in [0, 0.05) is 50.4 Å². The molecule has 8 nitrogen and oxygen atoms in total. The molecule has 1 aliphatic rings. The van der Waals surface area contributed by atoms with Crippen molar-refractivity contribution in [2.75, 3.05) is 43.0 Å². The molecule has 2 heterocycles. The van der Waals surface area contributed by atoms with E-state index in [0.717, 1.165) is 42.6 Å². The number of nitro benzene ring substituents is 1. The number of anilines is 3. The van der Waals surface area contributed by atoms with Gasteiger partial charge in [0.1, 0.15) is 17.8 Å². The quantitative estimate of drug-likeness (QED) is 0.401. The van der Waals surface area contributed by atoms with E-state index in [0.29, 0.717) is 22.4 Å². The monoisotopic (exact) mass is 414 g/mol. The number of nitrogens with one attached hydrogen (secondary N) is 1. The van der Waals surface area contributed by atoms with Gasteiger partial charge in [0.05, 0.1) is 15.8 Å². The zero-order valence-corrected chi connectivity index (χ0v) is 17.2. The zero-order valence-electron chi connectivity index (χ0n) is 17.2. The van der Waals surface area contributed by atoms with Crippen LogP contribution in [0.25, 0.3) is 21.7 Å². The van der Waals surface area contributed by atoms with E-state index in [9.17, 15) is 10.1 Å². The van der Waals surface area contributed by atoms with Gasteiger partial charge >= 0.3 is 0 Å². The largest absolute Gasteiger partial charge is 0.363 e. The summed E-state index contributed by atoms with van der Waals surface area (Å²) in [5, 5.41) is 18.1. The Morgan fingerprint density at radius 1 is 1.03 bits per heavy atom. The van der Waals surface area contributed by atoms with Crippen molar-refractivity contribution in [3.8, 4) is 0 Å². The van der Waals surface area contributed by atoms with E-state index in [-0.39, 0.29) is 10.6 Å². The van der Waals surface area contributed by atoms with Crippen LogP contribution < -0.4 is 15.1 Å². The Morgan fingerprint density at radius 3 is 2.61 bits per heavy atom. The molecule has 0 atom stereocenters. The Morgan fingerprint density at radius 2 is 1.81 bits per heavy atom. The number of nitrogens with zero attached hydrogens (tertiary/aromatic N) is 5. The van der Waals surface area contributed by atoms with Crippen LogP contribution in [0.3, 0.4) is 0 Å². The predicted octanol–water partition coefficient (Wildman–Crippen LogP) is 3.87. The second kappa shape index (κ2) is 7.81. The van der Waals surface area contributed by atoms with Crippen LogP contribution >= 0.6 is 0 Å². The maximum Gasteiger partial charge on any atom is 0.293 e. The van der Waals surface area contributed by atoms with Crippen LogP contribution in [0.2, 0.25) is 0 Å². The van der Waals surface area contributed by atoms with E-state index in [1.54, 1.807) is 6.07 Å². The molecule has 0 radical (unpaired) electrons. The van der Waals surface area contributed by atoms with E-state index in [1.807, 2.05) is 47.2 Å². The van der Waals surface area contributed by atoms with Gasteiger partial charge in [-0.15, -0.1) is 0 Å². The van der Waals surface area contributed by atoms with Crippen LogP contribution in [0.5, 0.6) is 0 Å². The van der Waals surface area contributed by atoms with Gasteiger partial charge in [-0.05, 0) is 17.5 Å². The summed E-state index contributed by atoms with van der Waals surface area (Å²) in [4.78, 5) is 24.6. The summed E-state index contributed by atoms with van der Waals surface area (Å²) in [5.41, 5.74) is 2.36. The average molecular weight is 414 g/mol. The van der Waals surface area contributed by atoms with Crippen molar-refractivity contribution >= 4 is 44.6 Å². The Kier molecular flexibility index (Phi) is 4.83. The third-order valence-electron chi connectivity index (χ3n) is 5.81. The van der Waals surface area contributed by atoms with Gasteiger partial charge < -0.3 is 15.1 Å². The SMILES string of the molecule is CN(c1cccc2ccccc12)c1ncnc2cc(N3CCNCC3)c([N+](=O)[O-])cc12. The number of hydrogen-bond donors (Lipinski definition) is 1. The van der Waals surface area contributed by atoms with Crippen LogP contribution in [0, 0.1) is 10.1 Å². The van der Waals surface area contributed by atoms with E-state index in [4.69, 9.17) is 0 Å². The Bertz CT molecular complexity index is 1280. The highest BCUT2D eigenvalue weighted by Crippen LogP contribution is 2.38. The minimum atomic E-state index is -0.314. The first-order valence-corrected chi connectivity index (χ1v) is 10.2. The molecule has 0 bridgehead atoms. The van der Waals surface area contributed by atoms with Crippen LogP contribution in [0.1, 0.15) is 0 Å². The fourth-order valence-corrected chi connectivity index (χ4v) is 4.25. The third kappa shape index (κ3) is 3.40. The lowest BCUT2D eigenvalue weighted by atomic mass is 10.1. The number of benzene rings is 3. The van der Waals surface area contributed by atoms with Gasteiger partial charge in [0.25, 0.3) is 5.69 Å². The molecular formula is C23H22N6O2. The Labute approximate surface area is 179 Å². The standard InChI is InChI=1S/C23H22N6O2/c1-27(20-8-4-6-16-5-2-3-7-17(16)20)23-18-13-22(29(30)31)21(14-19(18)25-15-26-23)28-11-9-24-10-12-28/h2-8,13-15,24H,9-12H2,1H3. The van der Waals surface area contributed by atoms with E-state index in [2.05, 4.69) is 33.5 Å². The predicted molar refractivity (Wildman–Crippen MR) is 123 cm³/mol. The fourth-order valence-electron chi connectivity index (χ4n) is 4.25. The van der Waals surface area contributed by atoms with E-state index < -0.39 is 0 Å². The minimum Gasteiger partial charge on any atom is -0.363 e. The third-order valence-corrected chi connectivity index (χ3v) is 5.81. The molecule has 0 unspecified atom stereocenters. The molecule has 0 aliphatic carbocycles. The van der Waals surface area contributed by atoms with Crippen LogP contribution in [-0.2, 0) is 0 Å². The van der Waals surface area contributed by atoms with Crippen molar-refractivity contribution in [2.45, 2.75) is 0 Å². The molecular weight excluding hydrogens is 392 g/mol. The van der Waals surface area contributed by atoms with Gasteiger partial charge in [0.15, 0.2) is 0 Å². The molecule has 156 valence electrons. The number of fused-ring (bicyclic) bond motifs is 2. The van der Waals surface area contributed by atoms with Gasteiger partial charge in [0.2, 0.25) is 0 Å². The maximum atomic E-state index is 11.9. The van der Waals surface area contributed by atoms with Crippen molar-refractivity contribution in [3.05, 3.63) is 71.0 Å². The lowest BCUT2D eigenvalue weighted by Gasteiger charge is -2.29. The lowest BCUT2D eigenvalue weighted by molar-refractivity contribution is -0.384. The lowest BCUT2D eigenvalue weighted by Crippen LogP contribution is -2.43. The average Bonchev–Trinajstić information content (AvgIpc) is 2.82. The van der Waals surface area contributed by atoms with Crippen molar-refractivity contribution in [2.24, 2.45) is 0 Å². The molecule has 3 aromatic carbocycles. The van der Waals surface area contributed by atoms with E-state index in [1.165, 1.54) is 6.33 Å². The molecule has 8 heteroatoms. The summed E-state index contributed by atoms with van der Waals surface area (Å²) in [6.45, 7) is 3.04. The molecule has 31 heavy (non-hydrogen) atoms. The second-order valence-corrected chi connectivity index (χ2v) is 7.61. The first-order chi connectivity index (χ1) is 15.1. The molecule has 0 saturated carbocycles. The summed E-state index contributed by atoms with van der Waals surface area (Å²) < 4.78 is 0. The van der Waals surface area contributed by atoms with Gasteiger partial charge in [-0.2, -0.15) is 0 Å². The molecule has 4 aromatic rings. The number of rotatable bonds is 4. The van der Waals surface area contributed by atoms with Crippen molar-refractivity contribution in [3.63, 3.8) is 0 Å². The minimum absolute atomic E-state index is 0.0803. The topological polar surface area (TPSA) is 87.4 Å². The van der Waals surface area contributed by atoms with Gasteiger partial charge in [-0.3, -0.25) is 10.1 Å². The first kappa shape index (κ1) is 19.2. The maximum absolute atomic E-state index is 11.9. The van der Waals surface area contributed by atoms with Gasteiger partial charge in [-0.1, -0.05) is 36.4 Å². The smallest absolute Gasteiger partial charge is 0.293 e. The Balaban J connectivity index is 1.67. The summed E-state index contributed by atoms with van der Waals surface area (Å²) >= 11 is 0. The summed E-state index contributed by atoms with van der Waals surface area (Å²) in [6.07, 6.45) is 1.52. The van der Waals surface area contributed by atoms with Crippen LogP contribution in [-0.4, -0.2) is 48.1 Å². The second-order valence-electron chi connectivity index (χ2n) is 7.61. The summed E-state index contributed by atoms with van der Waals surface area (Å²) in [5.74, 6) is 0.635. The molecule has 0 spiro atoms. The number of piperazine rings is 1. The zero-order chi connectivity index (χ0) is 21.4. The van der Waals surface area contributed by atoms with Crippen LogP contribution in [0.4, 0.5) is 22.9 Å². The molecule has 1 saturated heterocycles. The highest BCUT2D eigenvalue weighted by molar-refractivity contribution is 6.01. The molecule has 1 aliphatic heterocycles. The van der Waals surface area contributed by atoms with Gasteiger partial charge in [-0.25, -0.2) is 9.97 Å². The summed E-state index contributed by atoms with van der Waals surface area (Å²) in [6, 6.07) is 17.7. The van der Waals surface area contributed by atoms with Crippen molar-refractivity contribution in [1.29, 1.82) is 0 Å². The van der Waals surface area contributed by atoms with Crippen molar-refractivity contribution < 1.29 is 4.92 Å². The normalized spacial score (nSPS) is 14.2. The molecule has 1 N–H and O–H groups in total. The van der Waals surface area contributed by atoms with Crippen molar-refractivity contribution in [1.82, 2.24) is 15.3 Å². The molecule has 0 amide bonds. The Hall–Kier alpha value is -3.78. The number of nitro groups is 1. The molecule has 5 rings (SSSR count).